The Labute approximate surface area is 176 Å². The third-order valence-corrected chi connectivity index (χ3v) is 6.72. The second-order valence-corrected chi connectivity index (χ2v) is 9.39. The average molecular weight is 435 g/mol. The minimum atomic E-state index is -0.182. The number of rotatable bonds is 10. The molecule has 0 unspecified atom stereocenters. The fraction of sp³-hybridized carbons (Fsp3) is 0.389. The molecule has 10 heteroatoms. The number of thioether (sulfide) groups is 1. The highest BCUT2D eigenvalue weighted by molar-refractivity contribution is 7.99. The van der Waals surface area contributed by atoms with Gasteiger partial charge in [-0.2, -0.15) is 11.8 Å². The van der Waals surface area contributed by atoms with Crippen LogP contribution >= 0.6 is 34.4 Å². The van der Waals surface area contributed by atoms with Gasteiger partial charge in [-0.1, -0.05) is 59.9 Å². The Balaban J connectivity index is 1.42. The number of nitrogens with one attached hydrogen (secondary N) is 1. The van der Waals surface area contributed by atoms with Gasteiger partial charge in [-0.05, 0) is 23.5 Å². The molecule has 2 heterocycles. The van der Waals surface area contributed by atoms with E-state index in [1.807, 2.05) is 49.0 Å². The standard InChI is InChI=1S/C18H22N6OS3/c1-2-13(12-6-4-3-5-7-12)16(25)20-18-24-22-15(28-18)9-11-26-10-8-14-21-23-17(19)27-14/h3-7,13H,2,8-11H2,1H3,(H2,19,23)(H,20,24,25)/t13-/m0/s1. The van der Waals surface area contributed by atoms with E-state index in [2.05, 4.69) is 25.7 Å². The molecule has 0 saturated carbocycles. The van der Waals surface area contributed by atoms with E-state index in [1.54, 1.807) is 0 Å². The van der Waals surface area contributed by atoms with Gasteiger partial charge < -0.3 is 5.73 Å². The summed E-state index contributed by atoms with van der Waals surface area (Å²) in [4.78, 5) is 12.6. The summed E-state index contributed by atoms with van der Waals surface area (Å²) in [6, 6.07) is 9.81. The quantitative estimate of drug-likeness (QED) is 0.469. The molecule has 3 aromatic rings. The number of aromatic nitrogens is 4. The summed E-state index contributed by atoms with van der Waals surface area (Å²) in [5.74, 6) is 1.69. The van der Waals surface area contributed by atoms with Crippen molar-refractivity contribution in [2.75, 3.05) is 22.6 Å². The maximum atomic E-state index is 12.6. The SMILES string of the molecule is CC[C@H](C(=O)Nc1nnc(CCSCCc2nnc(N)s2)s1)c1ccccc1. The van der Waals surface area contributed by atoms with Gasteiger partial charge in [0.1, 0.15) is 10.0 Å². The summed E-state index contributed by atoms with van der Waals surface area (Å²) in [6.07, 6.45) is 2.43. The van der Waals surface area contributed by atoms with Crippen molar-refractivity contribution in [3.8, 4) is 0 Å². The molecule has 0 bridgehead atoms. The normalized spacial score (nSPS) is 12.0. The summed E-state index contributed by atoms with van der Waals surface area (Å²) >= 11 is 4.70. The number of nitrogens with two attached hydrogens (primary N) is 1. The van der Waals surface area contributed by atoms with Crippen LogP contribution < -0.4 is 11.1 Å². The third kappa shape index (κ3) is 5.98. The van der Waals surface area contributed by atoms with Crippen molar-refractivity contribution in [3.05, 3.63) is 45.9 Å². The second-order valence-electron chi connectivity index (χ2n) is 6.01. The Kier molecular flexibility index (Phi) is 7.75. The topological polar surface area (TPSA) is 107 Å². The van der Waals surface area contributed by atoms with Crippen LogP contribution in [0.5, 0.6) is 0 Å². The minimum Gasteiger partial charge on any atom is -0.374 e. The lowest BCUT2D eigenvalue weighted by Crippen LogP contribution is -2.20. The molecule has 28 heavy (non-hydrogen) atoms. The van der Waals surface area contributed by atoms with Crippen molar-refractivity contribution < 1.29 is 4.79 Å². The van der Waals surface area contributed by atoms with Crippen LogP contribution in [0.15, 0.2) is 30.3 Å². The first-order valence-electron chi connectivity index (χ1n) is 8.99. The van der Waals surface area contributed by atoms with Crippen molar-refractivity contribution in [1.82, 2.24) is 20.4 Å². The number of hydrogen-bond acceptors (Lipinski definition) is 9. The predicted molar refractivity (Wildman–Crippen MR) is 117 cm³/mol. The van der Waals surface area contributed by atoms with Crippen LogP contribution in [0.2, 0.25) is 0 Å². The molecule has 1 amide bonds. The van der Waals surface area contributed by atoms with Gasteiger partial charge in [0.2, 0.25) is 16.2 Å². The lowest BCUT2D eigenvalue weighted by molar-refractivity contribution is -0.117. The number of amides is 1. The molecule has 0 aliphatic carbocycles. The highest BCUT2D eigenvalue weighted by Gasteiger charge is 2.19. The molecule has 3 N–H and O–H groups in total. The van der Waals surface area contributed by atoms with Crippen LogP contribution in [0.4, 0.5) is 10.3 Å². The number of anilines is 2. The van der Waals surface area contributed by atoms with Gasteiger partial charge in [-0.15, -0.1) is 20.4 Å². The number of benzene rings is 1. The summed E-state index contributed by atoms with van der Waals surface area (Å²) in [7, 11) is 0. The zero-order valence-electron chi connectivity index (χ0n) is 15.5. The van der Waals surface area contributed by atoms with E-state index in [-0.39, 0.29) is 11.8 Å². The Morgan fingerprint density at radius 1 is 1.07 bits per heavy atom. The minimum absolute atomic E-state index is 0.0397. The fourth-order valence-electron chi connectivity index (χ4n) is 2.64. The first-order valence-corrected chi connectivity index (χ1v) is 11.8. The van der Waals surface area contributed by atoms with Gasteiger partial charge >= 0.3 is 0 Å². The van der Waals surface area contributed by atoms with Gasteiger partial charge in [0.25, 0.3) is 0 Å². The molecule has 7 nitrogen and oxygen atoms in total. The van der Waals surface area contributed by atoms with E-state index < -0.39 is 0 Å². The lowest BCUT2D eigenvalue weighted by atomic mass is 9.96. The summed E-state index contributed by atoms with van der Waals surface area (Å²) in [6.45, 7) is 2.01. The van der Waals surface area contributed by atoms with Crippen molar-refractivity contribution in [3.63, 3.8) is 0 Å². The van der Waals surface area contributed by atoms with Gasteiger partial charge in [0.15, 0.2) is 0 Å². The van der Waals surface area contributed by atoms with Crippen LogP contribution in [-0.2, 0) is 17.6 Å². The molecule has 0 saturated heterocycles. The monoisotopic (exact) mass is 434 g/mol. The van der Waals surface area contributed by atoms with Crippen LogP contribution in [0.3, 0.4) is 0 Å². The zero-order chi connectivity index (χ0) is 19.8. The van der Waals surface area contributed by atoms with Crippen molar-refractivity contribution in [1.29, 1.82) is 0 Å². The van der Waals surface area contributed by atoms with Gasteiger partial charge in [0, 0.05) is 12.8 Å². The number of nitrogens with zero attached hydrogens (tertiary/aromatic N) is 4. The molecule has 0 radical (unpaired) electrons. The largest absolute Gasteiger partial charge is 0.374 e. The van der Waals surface area contributed by atoms with E-state index in [0.29, 0.717) is 10.3 Å². The number of aryl methyl sites for hydroxylation is 2. The van der Waals surface area contributed by atoms with Crippen molar-refractivity contribution in [2.24, 2.45) is 0 Å². The molecule has 148 valence electrons. The third-order valence-electron chi connectivity index (χ3n) is 4.03. The molecule has 1 aromatic carbocycles. The Bertz CT molecular complexity index is 882. The number of carbonyl (C=O) groups excluding carboxylic acids is 1. The Hall–Kier alpha value is -2.04. The summed E-state index contributed by atoms with van der Waals surface area (Å²) in [5, 5.41) is 22.0. The zero-order valence-corrected chi connectivity index (χ0v) is 17.9. The highest BCUT2D eigenvalue weighted by Crippen LogP contribution is 2.23. The van der Waals surface area contributed by atoms with Crippen molar-refractivity contribution >= 4 is 50.6 Å². The van der Waals surface area contributed by atoms with E-state index in [0.717, 1.165) is 46.3 Å². The smallest absolute Gasteiger partial charge is 0.233 e. The molecular weight excluding hydrogens is 412 g/mol. The first-order chi connectivity index (χ1) is 13.7. The summed E-state index contributed by atoms with van der Waals surface area (Å²) in [5.41, 5.74) is 6.59. The maximum absolute atomic E-state index is 12.6. The molecule has 0 aliphatic rings. The average Bonchev–Trinajstić information content (AvgIpc) is 3.32. The highest BCUT2D eigenvalue weighted by atomic mass is 32.2. The van der Waals surface area contributed by atoms with Crippen LogP contribution in [0.1, 0.15) is 34.8 Å². The number of carbonyl (C=O) groups is 1. The van der Waals surface area contributed by atoms with Crippen LogP contribution in [0.25, 0.3) is 0 Å². The first kappa shape index (κ1) is 20.7. The lowest BCUT2D eigenvalue weighted by Gasteiger charge is -2.13. The van der Waals surface area contributed by atoms with E-state index in [4.69, 9.17) is 5.73 Å². The van der Waals surface area contributed by atoms with E-state index >= 15 is 0 Å². The summed E-state index contributed by atoms with van der Waals surface area (Å²) < 4.78 is 0. The second kappa shape index (κ2) is 10.5. The Morgan fingerprint density at radius 3 is 2.39 bits per heavy atom. The number of nitrogen functional groups attached to an aromatic ring is 1. The van der Waals surface area contributed by atoms with Gasteiger partial charge in [0.05, 0.1) is 5.92 Å². The van der Waals surface area contributed by atoms with Crippen LogP contribution in [0, 0.1) is 0 Å². The molecule has 0 fully saturated rings. The predicted octanol–water partition coefficient (Wildman–Crippen LogP) is 3.62. The molecule has 1 atom stereocenters. The van der Waals surface area contributed by atoms with Gasteiger partial charge in [-0.25, -0.2) is 0 Å². The van der Waals surface area contributed by atoms with Crippen molar-refractivity contribution in [2.45, 2.75) is 32.1 Å². The van der Waals surface area contributed by atoms with E-state index in [9.17, 15) is 4.79 Å². The molecule has 2 aromatic heterocycles. The van der Waals surface area contributed by atoms with E-state index in [1.165, 1.54) is 22.7 Å². The molecule has 3 rings (SSSR count). The number of hydrogen-bond donors (Lipinski definition) is 2. The molecule has 0 aliphatic heterocycles. The maximum Gasteiger partial charge on any atom is 0.233 e. The van der Waals surface area contributed by atoms with Gasteiger partial charge in [-0.3, -0.25) is 10.1 Å². The Morgan fingerprint density at radius 2 is 1.75 bits per heavy atom. The molecule has 0 spiro atoms. The van der Waals surface area contributed by atoms with Crippen LogP contribution in [-0.4, -0.2) is 37.8 Å². The fourth-order valence-corrected chi connectivity index (χ4v) is 5.13. The molecular formula is C18H22N6OS3.